The molecule has 178 valence electrons. The van der Waals surface area contributed by atoms with E-state index in [-0.39, 0.29) is 0 Å². The molecule has 0 aromatic rings. The van der Waals surface area contributed by atoms with Crippen molar-refractivity contribution in [3.8, 4) is 0 Å². The number of rotatable bonds is 7. The van der Waals surface area contributed by atoms with E-state index in [4.69, 9.17) is 7.80 Å². The predicted octanol–water partition coefficient (Wildman–Crippen LogP) is 8.39. The number of fused-ring (bicyclic) bond motifs is 5. The Hall–Kier alpha value is 0.390. The minimum Gasteiger partial charge on any atom is -0.381 e. The van der Waals surface area contributed by atoms with E-state index in [1.165, 1.54) is 57.8 Å². The monoisotopic (exact) mass is 542 g/mol. The van der Waals surface area contributed by atoms with Crippen LogP contribution in [0.3, 0.4) is 0 Å². The molecule has 2 nitrogen and oxygen atoms in total. The SMILES string of the molecule is CO[C@H]1CC[C@@]2(C)C(=C[C@@H](OI)[C@H]3[C@@H]4CC[C@H]([C@H](C)CCCC(C)C)[C@@]4(C)CC[C@@H]32)C1. The van der Waals surface area contributed by atoms with Gasteiger partial charge < -0.3 is 7.80 Å². The molecular formula is C28H47IO2. The minimum absolute atomic E-state index is 0.295. The second kappa shape index (κ2) is 9.56. The number of methoxy groups -OCH3 is 1. The Bertz CT molecular complexity index is 659. The Morgan fingerprint density at radius 2 is 1.81 bits per heavy atom. The van der Waals surface area contributed by atoms with Gasteiger partial charge in [0.25, 0.3) is 0 Å². The van der Waals surface area contributed by atoms with Crippen molar-refractivity contribution >= 4 is 23.0 Å². The van der Waals surface area contributed by atoms with Crippen LogP contribution < -0.4 is 0 Å². The second-order valence-corrected chi connectivity index (χ2v) is 13.1. The lowest BCUT2D eigenvalue weighted by molar-refractivity contribution is -0.0866. The lowest BCUT2D eigenvalue weighted by Crippen LogP contribution is -2.55. The molecule has 0 spiro atoms. The zero-order valence-corrected chi connectivity index (χ0v) is 23.1. The molecule has 0 saturated heterocycles. The van der Waals surface area contributed by atoms with E-state index in [0.717, 1.165) is 36.0 Å². The molecule has 0 heterocycles. The zero-order chi connectivity index (χ0) is 22.4. The molecule has 3 saturated carbocycles. The van der Waals surface area contributed by atoms with Gasteiger partial charge in [0.1, 0.15) is 23.0 Å². The summed E-state index contributed by atoms with van der Waals surface area (Å²) in [5.74, 6) is 4.94. The smallest absolute Gasteiger partial charge is 0.110 e. The molecule has 0 bridgehead atoms. The average Bonchev–Trinajstić information content (AvgIpc) is 3.09. The van der Waals surface area contributed by atoms with Gasteiger partial charge in [0.2, 0.25) is 0 Å². The Morgan fingerprint density at radius 1 is 1.03 bits per heavy atom. The van der Waals surface area contributed by atoms with E-state index in [9.17, 15) is 0 Å². The molecule has 31 heavy (non-hydrogen) atoms. The number of halogens is 1. The molecule has 0 unspecified atom stereocenters. The predicted molar refractivity (Wildman–Crippen MR) is 138 cm³/mol. The molecule has 3 fully saturated rings. The summed E-state index contributed by atoms with van der Waals surface area (Å²) in [6, 6.07) is 0. The number of ether oxygens (including phenoxy) is 1. The third-order valence-corrected chi connectivity index (χ3v) is 11.3. The Labute approximate surface area is 206 Å². The van der Waals surface area contributed by atoms with Gasteiger partial charge in [0.15, 0.2) is 0 Å². The zero-order valence-electron chi connectivity index (χ0n) is 21.0. The molecule has 9 atom stereocenters. The largest absolute Gasteiger partial charge is 0.381 e. The van der Waals surface area contributed by atoms with E-state index in [1.54, 1.807) is 5.57 Å². The van der Waals surface area contributed by atoms with Gasteiger partial charge in [-0.25, -0.2) is 0 Å². The summed E-state index contributed by atoms with van der Waals surface area (Å²) in [5, 5.41) is 0. The summed E-state index contributed by atoms with van der Waals surface area (Å²) in [5.41, 5.74) is 2.53. The maximum Gasteiger partial charge on any atom is 0.110 e. The van der Waals surface area contributed by atoms with Gasteiger partial charge in [0, 0.05) is 7.11 Å². The fraction of sp³-hybridized carbons (Fsp3) is 0.929. The van der Waals surface area contributed by atoms with Gasteiger partial charge in [-0.15, -0.1) is 0 Å². The molecular weight excluding hydrogens is 495 g/mol. The normalized spacial score (nSPS) is 45.6. The lowest BCUT2D eigenvalue weighted by Gasteiger charge is -2.60. The summed E-state index contributed by atoms with van der Waals surface area (Å²) in [6.07, 6.45) is 16.8. The molecule has 0 N–H and O–H groups in total. The molecule has 0 aromatic carbocycles. The summed E-state index contributed by atoms with van der Waals surface area (Å²) in [7, 11) is 1.89. The van der Waals surface area contributed by atoms with E-state index >= 15 is 0 Å². The van der Waals surface area contributed by atoms with Gasteiger partial charge >= 0.3 is 0 Å². The van der Waals surface area contributed by atoms with Crippen molar-refractivity contribution in [3.05, 3.63) is 11.6 Å². The van der Waals surface area contributed by atoms with E-state index in [0.29, 0.717) is 29.0 Å². The van der Waals surface area contributed by atoms with Crippen LogP contribution in [0.15, 0.2) is 11.6 Å². The number of hydrogen-bond acceptors (Lipinski definition) is 2. The Balaban J connectivity index is 1.56. The summed E-state index contributed by atoms with van der Waals surface area (Å²) in [6.45, 7) is 12.6. The molecule has 0 aromatic heterocycles. The summed E-state index contributed by atoms with van der Waals surface area (Å²) < 4.78 is 12.0. The van der Waals surface area contributed by atoms with Crippen molar-refractivity contribution in [1.29, 1.82) is 0 Å². The van der Waals surface area contributed by atoms with Crippen LogP contribution >= 0.6 is 23.0 Å². The van der Waals surface area contributed by atoms with Crippen molar-refractivity contribution in [3.63, 3.8) is 0 Å². The molecule has 4 rings (SSSR count). The van der Waals surface area contributed by atoms with Crippen LogP contribution in [-0.4, -0.2) is 19.3 Å². The second-order valence-electron chi connectivity index (χ2n) is 12.6. The molecule has 4 aliphatic rings. The van der Waals surface area contributed by atoms with Gasteiger partial charge in [-0.2, -0.15) is 0 Å². The van der Waals surface area contributed by atoms with Gasteiger partial charge in [-0.05, 0) is 91.3 Å². The quantitative estimate of drug-likeness (QED) is 0.238. The molecule has 0 aliphatic heterocycles. The average molecular weight is 543 g/mol. The highest BCUT2D eigenvalue weighted by Gasteiger charge is 2.61. The minimum atomic E-state index is 0.295. The molecule has 4 aliphatic carbocycles. The van der Waals surface area contributed by atoms with Gasteiger partial charge in [-0.1, -0.05) is 65.5 Å². The highest BCUT2D eigenvalue weighted by Crippen LogP contribution is 2.67. The first kappa shape index (κ1) is 24.5. The van der Waals surface area contributed by atoms with Crippen LogP contribution in [0.5, 0.6) is 0 Å². The van der Waals surface area contributed by atoms with Crippen LogP contribution in [0, 0.1) is 46.3 Å². The molecule has 0 amide bonds. The summed E-state index contributed by atoms with van der Waals surface area (Å²) >= 11 is 2.20. The first-order chi connectivity index (χ1) is 14.7. The fourth-order valence-corrected chi connectivity index (χ4v) is 9.39. The third kappa shape index (κ3) is 4.31. The molecule has 3 heteroatoms. The maximum absolute atomic E-state index is 6.22. The van der Waals surface area contributed by atoms with Crippen LogP contribution in [-0.2, 0) is 7.80 Å². The fourth-order valence-electron chi connectivity index (χ4n) is 8.90. The van der Waals surface area contributed by atoms with E-state index < -0.39 is 0 Å². The third-order valence-electron chi connectivity index (χ3n) is 10.7. The van der Waals surface area contributed by atoms with E-state index in [2.05, 4.69) is 63.7 Å². The van der Waals surface area contributed by atoms with Crippen molar-refractivity contribution in [2.24, 2.45) is 46.3 Å². The first-order valence-electron chi connectivity index (χ1n) is 13.3. The standard InChI is InChI=1S/C28H47IO2/c1-18(2)8-7-9-19(3)22-10-11-23-26-24(13-15-28(22,23)5)27(4)14-12-21(30-6)16-20(27)17-25(26)31-29/h17-19,21-26H,7-16H2,1-6H3/t19-,21+,22-,23+,24+,25-,26+,27+,28-/m1/s1. The lowest BCUT2D eigenvalue weighted by atomic mass is 9.46. The Morgan fingerprint density at radius 3 is 2.48 bits per heavy atom. The van der Waals surface area contributed by atoms with Crippen LogP contribution in [0.2, 0.25) is 0 Å². The van der Waals surface area contributed by atoms with Gasteiger partial charge in [0.05, 0.1) is 12.2 Å². The summed E-state index contributed by atoms with van der Waals surface area (Å²) in [4.78, 5) is 0. The Kier molecular flexibility index (Phi) is 7.56. The highest BCUT2D eigenvalue weighted by atomic mass is 127. The van der Waals surface area contributed by atoms with Crippen molar-refractivity contribution in [1.82, 2.24) is 0 Å². The number of hydrogen-bond donors (Lipinski definition) is 0. The molecule has 0 radical (unpaired) electrons. The van der Waals surface area contributed by atoms with Crippen molar-refractivity contribution in [2.75, 3.05) is 7.11 Å². The van der Waals surface area contributed by atoms with Crippen LogP contribution in [0.25, 0.3) is 0 Å². The van der Waals surface area contributed by atoms with Crippen molar-refractivity contribution < 1.29 is 7.80 Å². The maximum atomic E-state index is 6.22. The first-order valence-corrected chi connectivity index (χ1v) is 14.1. The van der Waals surface area contributed by atoms with E-state index in [1.807, 2.05) is 7.11 Å². The highest BCUT2D eigenvalue weighted by molar-refractivity contribution is 14.1. The van der Waals surface area contributed by atoms with Crippen molar-refractivity contribution in [2.45, 2.75) is 111 Å². The van der Waals surface area contributed by atoms with Crippen LogP contribution in [0.4, 0.5) is 0 Å². The van der Waals surface area contributed by atoms with Gasteiger partial charge in [-0.3, -0.25) is 0 Å². The van der Waals surface area contributed by atoms with Crippen LogP contribution in [0.1, 0.15) is 98.8 Å². The topological polar surface area (TPSA) is 18.5 Å².